The predicted octanol–water partition coefficient (Wildman–Crippen LogP) is 1.90. The second kappa shape index (κ2) is 6.98. The molecule has 0 aliphatic carbocycles. The van der Waals surface area contributed by atoms with Crippen molar-refractivity contribution in [3.8, 4) is 5.75 Å². The van der Waals surface area contributed by atoms with Crippen LogP contribution in [0.5, 0.6) is 5.75 Å². The Balaban J connectivity index is 2.42. The average molecular weight is 349 g/mol. The zero-order chi connectivity index (χ0) is 17.9. The molecule has 0 saturated carbocycles. The molecular formula is C16H19N3O4S. The van der Waals surface area contributed by atoms with E-state index < -0.39 is 15.9 Å². The molecule has 0 unspecified atom stereocenters. The Bertz CT molecular complexity index is 863. The molecule has 0 atom stereocenters. The summed E-state index contributed by atoms with van der Waals surface area (Å²) in [5, 5.41) is 2.64. The number of sulfonamides is 1. The van der Waals surface area contributed by atoms with Crippen molar-refractivity contribution in [2.45, 2.75) is 11.8 Å². The number of benzene rings is 1. The van der Waals surface area contributed by atoms with E-state index >= 15 is 0 Å². The Kier molecular flexibility index (Phi) is 5.20. The summed E-state index contributed by atoms with van der Waals surface area (Å²) in [5.41, 5.74) is 1.06. The largest absolute Gasteiger partial charge is 0.496 e. The fourth-order valence-electron chi connectivity index (χ4n) is 2.02. The minimum Gasteiger partial charge on any atom is -0.496 e. The van der Waals surface area contributed by atoms with Gasteiger partial charge in [0.25, 0.3) is 5.91 Å². The van der Waals surface area contributed by atoms with E-state index in [2.05, 4.69) is 10.3 Å². The lowest BCUT2D eigenvalue weighted by molar-refractivity contribution is 0.102. The molecule has 1 aromatic heterocycles. The standard InChI is InChI=1S/C16H19N3O4S/c1-11-7-8-17-15(9-11)18-16(20)13-10-12(5-6-14(13)23-4)24(21,22)19(2)3/h5-10H,1-4H3,(H,17,18,20). The molecule has 1 aromatic carbocycles. The van der Waals surface area contributed by atoms with E-state index in [9.17, 15) is 13.2 Å². The molecule has 0 radical (unpaired) electrons. The summed E-state index contributed by atoms with van der Waals surface area (Å²) in [5.74, 6) is 0.154. The summed E-state index contributed by atoms with van der Waals surface area (Å²) in [6.07, 6.45) is 1.58. The van der Waals surface area contributed by atoms with Gasteiger partial charge >= 0.3 is 0 Å². The third-order valence-corrected chi connectivity index (χ3v) is 5.16. The molecule has 0 aliphatic rings. The zero-order valence-electron chi connectivity index (χ0n) is 13.9. The highest BCUT2D eigenvalue weighted by Gasteiger charge is 2.21. The molecule has 0 bridgehead atoms. The Labute approximate surface area is 141 Å². The molecule has 7 nitrogen and oxygen atoms in total. The van der Waals surface area contributed by atoms with Gasteiger partial charge in [-0.3, -0.25) is 4.79 Å². The van der Waals surface area contributed by atoms with Gasteiger partial charge in [0.2, 0.25) is 10.0 Å². The molecule has 1 heterocycles. The van der Waals surface area contributed by atoms with Crippen molar-refractivity contribution in [2.75, 3.05) is 26.5 Å². The van der Waals surface area contributed by atoms with Crippen molar-refractivity contribution in [1.82, 2.24) is 9.29 Å². The van der Waals surface area contributed by atoms with Gasteiger partial charge in [0.1, 0.15) is 11.6 Å². The normalized spacial score (nSPS) is 11.4. The van der Waals surface area contributed by atoms with Gasteiger partial charge in [-0.05, 0) is 42.8 Å². The molecule has 1 amide bonds. The number of nitrogens with zero attached hydrogens (tertiary/aromatic N) is 2. The van der Waals surface area contributed by atoms with Gasteiger partial charge in [-0.2, -0.15) is 0 Å². The van der Waals surface area contributed by atoms with Crippen LogP contribution in [-0.4, -0.2) is 44.8 Å². The fourth-order valence-corrected chi connectivity index (χ4v) is 2.95. The number of hydrogen-bond donors (Lipinski definition) is 1. The molecule has 24 heavy (non-hydrogen) atoms. The molecule has 128 valence electrons. The molecule has 1 N–H and O–H groups in total. The maximum atomic E-state index is 12.5. The fraction of sp³-hybridized carbons (Fsp3) is 0.250. The van der Waals surface area contributed by atoms with Crippen LogP contribution in [0.2, 0.25) is 0 Å². The second-order valence-corrected chi connectivity index (χ2v) is 7.47. The number of aryl methyl sites for hydroxylation is 1. The van der Waals surface area contributed by atoms with Crippen molar-refractivity contribution in [3.05, 3.63) is 47.7 Å². The van der Waals surface area contributed by atoms with Crippen LogP contribution in [0, 0.1) is 6.92 Å². The number of amides is 1. The minimum absolute atomic E-state index is 0.00986. The topological polar surface area (TPSA) is 88.6 Å². The van der Waals surface area contributed by atoms with Gasteiger partial charge in [0.05, 0.1) is 17.6 Å². The Morgan fingerprint density at radius 2 is 1.92 bits per heavy atom. The van der Waals surface area contributed by atoms with Gasteiger partial charge in [-0.25, -0.2) is 17.7 Å². The Morgan fingerprint density at radius 1 is 1.21 bits per heavy atom. The van der Waals surface area contributed by atoms with Crippen LogP contribution in [0.1, 0.15) is 15.9 Å². The molecule has 0 saturated heterocycles. The molecule has 0 spiro atoms. The third kappa shape index (κ3) is 3.72. The number of methoxy groups -OCH3 is 1. The van der Waals surface area contributed by atoms with E-state index in [-0.39, 0.29) is 16.2 Å². The van der Waals surface area contributed by atoms with Gasteiger partial charge in [0, 0.05) is 20.3 Å². The van der Waals surface area contributed by atoms with Gasteiger partial charge in [-0.15, -0.1) is 0 Å². The van der Waals surface area contributed by atoms with Crippen molar-refractivity contribution in [3.63, 3.8) is 0 Å². The Morgan fingerprint density at radius 3 is 2.50 bits per heavy atom. The van der Waals surface area contributed by atoms with Crippen molar-refractivity contribution < 1.29 is 17.9 Å². The number of rotatable bonds is 5. The van der Waals surface area contributed by atoms with E-state index in [1.807, 2.05) is 6.92 Å². The smallest absolute Gasteiger partial charge is 0.260 e. The van der Waals surface area contributed by atoms with Crippen LogP contribution < -0.4 is 10.1 Å². The highest BCUT2D eigenvalue weighted by atomic mass is 32.2. The maximum Gasteiger partial charge on any atom is 0.260 e. The zero-order valence-corrected chi connectivity index (χ0v) is 14.7. The van der Waals surface area contributed by atoms with Crippen LogP contribution in [-0.2, 0) is 10.0 Å². The van der Waals surface area contributed by atoms with E-state index in [0.717, 1.165) is 9.87 Å². The number of aromatic nitrogens is 1. The first-order valence-corrected chi connectivity index (χ1v) is 8.54. The summed E-state index contributed by atoms with van der Waals surface area (Å²) < 4.78 is 30.7. The third-order valence-electron chi connectivity index (χ3n) is 3.35. The number of pyridine rings is 1. The molecular weight excluding hydrogens is 330 g/mol. The number of ether oxygens (including phenoxy) is 1. The molecule has 0 aliphatic heterocycles. The number of hydrogen-bond acceptors (Lipinski definition) is 5. The first kappa shape index (κ1) is 17.9. The summed E-state index contributed by atoms with van der Waals surface area (Å²) in [4.78, 5) is 16.6. The first-order valence-electron chi connectivity index (χ1n) is 7.10. The highest BCUT2D eigenvalue weighted by molar-refractivity contribution is 7.89. The van der Waals surface area contributed by atoms with Crippen LogP contribution in [0.4, 0.5) is 5.82 Å². The van der Waals surface area contributed by atoms with Crippen LogP contribution in [0.25, 0.3) is 0 Å². The van der Waals surface area contributed by atoms with E-state index in [4.69, 9.17) is 4.74 Å². The number of carbonyl (C=O) groups excluding carboxylic acids is 1. The lowest BCUT2D eigenvalue weighted by Gasteiger charge is -2.14. The van der Waals surface area contributed by atoms with Gasteiger partial charge in [0.15, 0.2) is 0 Å². The van der Waals surface area contributed by atoms with Gasteiger partial charge < -0.3 is 10.1 Å². The number of carbonyl (C=O) groups is 1. The van der Waals surface area contributed by atoms with Crippen LogP contribution in [0.15, 0.2) is 41.4 Å². The molecule has 8 heteroatoms. The van der Waals surface area contributed by atoms with Crippen molar-refractivity contribution in [2.24, 2.45) is 0 Å². The second-order valence-electron chi connectivity index (χ2n) is 5.32. The maximum absolute atomic E-state index is 12.5. The predicted molar refractivity (Wildman–Crippen MR) is 90.8 cm³/mol. The van der Waals surface area contributed by atoms with E-state index in [1.54, 1.807) is 18.3 Å². The van der Waals surface area contributed by atoms with E-state index in [0.29, 0.717) is 5.82 Å². The number of anilines is 1. The average Bonchev–Trinajstić information content (AvgIpc) is 2.54. The van der Waals surface area contributed by atoms with Crippen LogP contribution in [0.3, 0.4) is 0 Å². The number of nitrogens with one attached hydrogen (secondary N) is 1. The van der Waals surface area contributed by atoms with Crippen molar-refractivity contribution >= 4 is 21.7 Å². The van der Waals surface area contributed by atoms with Crippen LogP contribution >= 0.6 is 0 Å². The quantitative estimate of drug-likeness (QED) is 0.891. The Hall–Kier alpha value is -2.45. The summed E-state index contributed by atoms with van der Waals surface area (Å²) in [7, 11) is 0.612. The summed E-state index contributed by atoms with van der Waals surface area (Å²) in [6.45, 7) is 1.88. The lowest BCUT2D eigenvalue weighted by Crippen LogP contribution is -2.23. The molecule has 2 aromatic rings. The van der Waals surface area contributed by atoms with E-state index in [1.165, 1.54) is 39.4 Å². The molecule has 0 fully saturated rings. The summed E-state index contributed by atoms with van der Waals surface area (Å²) >= 11 is 0. The molecule has 2 rings (SSSR count). The monoisotopic (exact) mass is 349 g/mol. The minimum atomic E-state index is -3.66. The summed E-state index contributed by atoms with van der Waals surface area (Å²) in [6, 6.07) is 7.66. The lowest BCUT2D eigenvalue weighted by atomic mass is 10.2. The van der Waals surface area contributed by atoms with Crippen molar-refractivity contribution in [1.29, 1.82) is 0 Å². The SMILES string of the molecule is COc1ccc(S(=O)(=O)N(C)C)cc1C(=O)Nc1cc(C)ccn1. The first-order chi connectivity index (χ1) is 11.3. The van der Waals surface area contributed by atoms with Gasteiger partial charge in [-0.1, -0.05) is 0 Å². The highest BCUT2D eigenvalue weighted by Crippen LogP contribution is 2.24.